The minimum absolute atomic E-state index is 0.173. The van der Waals surface area contributed by atoms with Gasteiger partial charge in [0.15, 0.2) is 11.5 Å². The van der Waals surface area contributed by atoms with Crippen LogP contribution in [-0.4, -0.2) is 34.4 Å². The number of ether oxygens (including phenoxy) is 2. The van der Waals surface area contributed by atoms with Gasteiger partial charge < -0.3 is 14.8 Å². The standard InChI is InChI=1S/C20H21BrN4O3/c1-4-28-19-17(21)9-15(10-18(19)27-3)20(26)24-13(2)14-5-7-16(8-6-14)25-12-22-11-23-25/h5-13H,4H2,1-3H3,(H,24,26)/t13-/m0/s1. The number of halogens is 1. The third kappa shape index (κ3) is 4.33. The first kappa shape index (κ1) is 19.9. The van der Waals surface area contributed by atoms with Gasteiger partial charge in [0.05, 0.1) is 29.9 Å². The number of nitrogens with one attached hydrogen (secondary N) is 1. The Morgan fingerprint density at radius 3 is 2.64 bits per heavy atom. The number of hydrogen-bond acceptors (Lipinski definition) is 5. The van der Waals surface area contributed by atoms with Crippen LogP contribution in [0.5, 0.6) is 11.5 Å². The number of aromatic nitrogens is 3. The van der Waals surface area contributed by atoms with Crippen molar-refractivity contribution in [3.05, 3.63) is 64.7 Å². The molecule has 0 fully saturated rings. The van der Waals surface area contributed by atoms with Crippen LogP contribution in [0.25, 0.3) is 5.69 Å². The number of hydrogen-bond donors (Lipinski definition) is 1. The number of carbonyl (C=O) groups excluding carboxylic acids is 1. The molecule has 7 nitrogen and oxygen atoms in total. The molecule has 0 unspecified atom stereocenters. The summed E-state index contributed by atoms with van der Waals surface area (Å²) in [5, 5.41) is 7.11. The van der Waals surface area contributed by atoms with E-state index in [-0.39, 0.29) is 11.9 Å². The van der Waals surface area contributed by atoms with Gasteiger partial charge in [-0.25, -0.2) is 9.67 Å². The van der Waals surface area contributed by atoms with Crippen molar-refractivity contribution in [1.29, 1.82) is 0 Å². The second-order valence-corrected chi connectivity index (χ2v) is 6.90. The van der Waals surface area contributed by atoms with Crippen molar-refractivity contribution in [3.8, 4) is 17.2 Å². The van der Waals surface area contributed by atoms with Crippen LogP contribution in [0.2, 0.25) is 0 Å². The van der Waals surface area contributed by atoms with Gasteiger partial charge in [-0.3, -0.25) is 4.79 Å². The first-order valence-electron chi connectivity index (χ1n) is 8.79. The van der Waals surface area contributed by atoms with Crippen LogP contribution >= 0.6 is 15.9 Å². The van der Waals surface area contributed by atoms with E-state index in [0.29, 0.717) is 28.1 Å². The van der Waals surface area contributed by atoms with Crippen molar-refractivity contribution >= 4 is 21.8 Å². The molecule has 0 spiro atoms. The molecule has 2 aromatic carbocycles. The Bertz CT molecular complexity index is 943. The zero-order chi connectivity index (χ0) is 20.1. The minimum Gasteiger partial charge on any atom is -0.493 e. The second-order valence-electron chi connectivity index (χ2n) is 6.05. The predicted octanol–water partition coefficient (Wildman–Crippen LogP) is 3.93. The Kier molecular flexibility index (Phi) is 6.30. The maximum Gasteiger partial charge on any atom is 0.251 e. The number of rotatable bonds is 7. The summed E-state index contributed by atoms with van der Waals surface area (Å²) >= 11 is 3.45. The molecule has 1 aromatic heterocycles. The fourth-order valence-electron chi connectivity index (χ4n) is 2.76. The van der Waals surface area contributed by atoms with Crippen LogP contribution < -0.4 is 14.8 Å². The summed E-state index contributed by atoms with van der Waals surface area (Å²) in [6.07, 6.45) is 3.12. The topological polar surface area (TPSA) is 78.3 Å². The van der Waals surface area contributed by atoms with E-state index in [1.54, 1.807) is 30.3 Å². The van der Waals surface area contributed by atoms with E-state index in [0.717, 1.165) is 11.3 Å². The number of carbonyl (C=O) groups is 1. The van der Waals surface area contributed by atoms with Gasteiger partial charge in [-0.05, 0) is 59.6 Å². The van der Waals surface area contributed by atoms with Crippen molar-refractivity contribution in [2.45, 2.75) is 19.9 Å². The summed E-state index contributed by atoms with van der Waals surface area (Å²) in [5.41, 5.74) is 2.37. The van der Waals surface area contributed by atoms with Crippen LogP contribution in [0.4, 0.5) is 0 Å². The van der Waals surface area contributed by atoms with Crippen molar-refractivity contribution in [1.82, 2.24) is 20.1 Å². The van der Waals surface area contributed by atoms with Crippen LogP contribution in [0, 0.1) is 0 Å². The molecule has 3 aromatic rings. The smallest absolute Gasteiger partial charge is 0.251 e. The first-order chi connectivity index (χ1) is 13.5. The molecule has 0 saturated carbocycles. The molecule has 1 heterocycles. The molecule has 1 amide bonds. The maximum absolute atomic E-state index is 12.7. The molecular weight excluding hydrogens is 424 g/mol. The summed E-state index contributed by atoms with van der Waals surface area (Å²) < 4.78 is 13.3. The highest BCUT2D eigenvalue weighted by Crippen LogP contribution is 2.36. The van der Waals surface area contributed by atoms with E-state index in [1.165, 1.54) is 6.33 Å². The van der Waals surface area contributed by atoms with E-state index < -0.39 is 0 Å². The van der Waals surface area contributed by atoms with Gasteiger partial charge in [0.2, 0.25) is 0 Å². The molecule has 0 aliphatic heterocycles. The third-order valence-corrected chi connectivity index (χ3v) is 4.79. The van der Waals surface area contributed by atoms with Gasteiger partial charge in [-0.2, -0.15) is 5.10 Å². The number of methoxy groups -OCH3 is 1. The SMILES string of the molecule is CCOc1c(Br)cc(C(=O)N[C@@H](C)c2ccc(-n3cncn3)cc2)cc1OC. The monoisotopic (exact) mass is 444 g/mol. The average Bonchev–Trinajstić information content (AvgIpc) is 3.24. The molecular formula is C20H21BrN4O3. The molecule has 1 atom stereocenters. The average molecular weight is 445 g/mol. The third-order valence-electron chi connectivity index (χ3n) is 4.20. The lowest BCUT2D eigenvalue weighted by atomic mass is 10.1. The molecule has 1 N–H and O–H groups in total. The van der Waals surface area contributed by atoms with Crippen molar-refractivity contribution in [2.24, 2.45) is 0 Å². The Morgan fingerprint density at radius 2 is 2.04 bits per heavy atom. The fourth-order valence-corrected chi connectivity index (χ4v) is 3.31. The van der Waals surface area contributed by atoms with Crippen molar-refractivity contribution < 1.29 is 14.3 Å². The van der Waals surface area contributed by atoms with E-state index in [2.05, 4.69) is 31.3 Å². The Hall–Kier alpha value is -2.87. The lowest BCUT2D eigenvalue weighted by Gasteiger charge is -2.17. The Balaban J connectivity index is 1.74. The number of amides is 1. The van der Waals surface area contributed by atoms with Gasteiger partial charge in [-0.15, -0.1) is 0 Å². The molecule has 0 bridgehead atoms. The van der Waals surface area contributed by atoms with Crippen LogP contribution in [0.3, 0.4) is 0 Å². The van der Waals surface area contributed by atoms with E-state index in [1.807, 2.05) is 38.1 Å². The highest BCUT2D eigenvalue weighted by Gasteiger charge is 2.17. The van der Waals surface area contributed by atoms with E-state index in [9.17, 15) is 4.79 Å². The van der Waals surface area contributed by atoms with E-state index in [4.69, 9.17) is 9.47 Å². The van der Waals surface area contributed by atoms with Crippen LogP contribution in [0.1, 0.15) is 35.8 Å². The highest BCUT2D eigenvalue weighted by atomic mass is 79.9. The minimum atomic E-state index is -0.199. The summed E-state index contributed by atoms with van der Waals surface area (Å²) in [6.45, 7) is 4.33. The molecule has 0 saturated heterocycles. The first-order valence-corrected chi connectivity index (χ1v) is 9.59. The summed E-state index contributed by atoms with van der Waals surface area (Å²) in [5.74, 6) is 0.888. The quantitative estimate of drug-likeness (QED) is 0.597. The van der Waals surface area contributed by atoms with E-state index >= 15 is 0 Å². The maximum atomic E-state index is 12.7. The van der Waals surface area contributed by atoms with Crippen molar-refractivity contribution in [3.63, 3.8) is 0 Å². The summed E-state index contributed by atoms with van der Waals surface area (Å²) in [4.78, 5) is 16.7. The Labute approximate surface area is 171 Å². The molecule has 8 heteroatoms. The lowest BCUT2D eigenvalue weighted by molar-refractivity contribution is 0.0939. The molecule has 0 aliphatic rings. The molecule has 146 valence electrons. The predicted molar refractivity (Wildman–Crippen MR) is 109 cm³/mol. The number of nitrogens with zero attached hydrogens (tertiary/aromatic N) is 3. The molecule has 0 aliphatic carbocycles. The second kappa shape index (κ2) is 8.88. The molecule has 28 heavy (non-hydrogen) atoms. The van der Waals surface area contributed by atoms with Gasteiger partial charge >= 0.3 is 0 Å². The van der Waals surface area contributed by atoms with Gasteiger partial charge in [0, 0.05) is 5.56 Å². The summed E-state index contributed by atoms with van der Waals surface area (Å²) in [6, 6.07) is 11.0. The number of benzene rings is 2. The van der Waals surface area contributed by atoms with Gasteiger partial charge in [0.25, 0.3) is 5.91 Å². The molecule has 0 radical (unpaired) electrons. The summed E-state index contributed by atoms with van der Waals surface area (Å²) in [7, 11) is 1.55. The lowest BCUT2D eigenvalue weighted by Crippen LogP contribution is -2.26. The van der Waals surface area contributed by atoms with Gasteiger partial charge in [-0.1, -0.05) is 12.1 Å². The zero-order valence-electron chi connectivity index (χ0n) is 15.8. The van der Waals surface area contributed by atoms with Crippen LogP contribution in [-0.2, 0) is 0 Å². The fraction of sp³-hybridized carbons (Fsp3) is 0.250. The zero-order valence-corrected chi connectivity index (χ0v) is 17.4. The Morgan fingerprint density at radius 1 is 1.29 bits per heavy atom. The molecule has 3 rings (SSSR count). The van der Waals surface area contributed by atoms with Crippen molar-refractivity contribution in [2.75, 3.05) is 13.7 Å². The largest absolute Gasteiger partial charge is 0.493 e. The van der Waals surface area contributed by atoms with Gasteiger partial charge in [0.1, 0.15) is 12.7 Å². The highest BCUT2D eigenvalue weighted by molar-refractivity contribution is 9.10. The normalized spacial score (nSPS) is 11.7. The van der Waals surface area contributed by atoms with Crippen LogP contribution in [0.15, 0.2) is 53.5 Å².